The molecule has 3 heterocycles. The van der Waals surface area contributed by atoms with Crippen molar-refractivity contribution in [3.8, 4) is 6.01 Å². The number of ether oxygens (including phenoxy) is 2. The Morgan fingerprint density at radius 2 is 1.85 bits per heavy atom. The fraction of sp³-hybridized carbons (Fsp3) is 0.450. The van der Waals surface area contributed by atoms with Crippen LogP contribution in [-0.2, 0) is 4.74 Å². The third-order valence-electron chi connectivity index (χ3n) is 5.24. The van der Waals surface area contributed by atoms with E-state index in [1.165, 1.54) is 0 Å². The van der Waals surface area contributed by atoms with Gasteiger partial charge in [0.2, 0.25) is 0 Å². The van der Waals surface area contributed by atoms with Crippen molar-refractivity contribution in [1.82, 2.24) is 14.9 Å². The van der Waals surface area contributed by atoms with Crippen LogP contribution in [0.15, 0.2) is 48.8 Å². The minimum Gasteiger partial charge on any atom is -0.460 e. The molecule has 0 saturated carbocycles. The van der Waals surface area contributed by atoms with E-state index in [2.05, 4.69) is 9.97 Å². The molecule has 26 heavy (non-hydrogen) atoms. The number of aromatic nitrogens is 2. The van der Waals surface area contributed by atoms with E-state index in [4.69, 9.17) is 9.47 Å². The lowest BCUT2D eigenvalue weighted by Crippen LogP contribution is -2.52. The SMILES string of the molecule is O=C(c1ccccc1)N1CCC2(CC1)CC(Oc1ncccn1)CCO2. The highest BCUT2D eigenvalue weighted by molar-refractivity contribution is 5.94. The van der Waals surface area contributed by atoms with Gasteiger partial charge in [-0.15, -0.1) is 0 Å². The number of carbonyl (C=O) groups excluding carboxylic acids is 1. The maximum absolute atomic E-state index is 12.6. The fourth-order valence-electron chi connectivity index (χ4n) is 3.81. The Kier molecular flexibility index (Phi) is 4.84. The third kappa shape index (κ3) is 3.70. The summed E-state index contributed by atoms with van der Waals surface area (Å²) in [5, 5.41) is 0. The molecule has 1 atom stereocenters. The number of carbonyl (C=O) groups is 1. The molecule has 0 bridgehead atoms. The van der Waals surface area contributed by atoms with Gasteiger partial charge >= 0.3 is 6.01 Å². The third-order valence-corrected chi connectivity index (χ3v) is 5.24. The molecule has 0 aliphatic carbocycles. The normalized spacial score (nSPS) is 22.2. The van der Waals surface area contributed by atoms with Crippen molar-refractivity contribution >= 4 is 5.91 Å². The molecular formula is C20H23N3O3. The Morgan fingerprint density at radius 1 is 1.12 bits per heavy atom. The summed E-state index contributed by atoms with van der Waals surface area (Å²) in [7, 11) is 0. The van der Waals surface area contributed by atoms with E-state index in [1.807, 2.05) is 35.2 Å². The number of nitrogens with zero attached hydrogens (tertiary/aromatic N) is 3. The molecule has 136 valence electrons. The van der Waals surface area contributed by atoms with Crippen LogP contribution in [0.2, 0.25) is 0 Å². The summed E-state index contributed by atoms with van der Waals surface area (Å²) >= 11 is 0. The molecular weight excluding hydrogens is 330 g/mol. The molecule has 2 saturated heterocycles. The van der Waals surface area contributed by atoms with Crippen LogP contribution < -0.4 is 4.74 Å². The van der Waals surface area contributed by atoms with E-state index in [-0.39, 0.29) is 17.6 Å². The van der Waals surface area contributed by atoms with E-state index >= 15 is 0 Å². The average Bonchev–Trinajstić information content (AvgIpc) is 2.70. The first kappa shape index (κ1) is 17.0. The summed E-state index contributed by atoms with van der Waals surface area (Å²) in [6, 6.07) is 11.7. The van der Waals surface area contributed by atoms with E-state index < -0.39 is 0 Å². The van der Waals surface area contributed by atoms with E-state index in [1.54, 1.807) is 18.5 Å². The van der Waals surface area contributed by atoms with Gasteiger partial charge in [0.1, 0.15) is 6.10 Å². The van der Waals surface area contributed by atoms with Crippen LogP contribution in [-0.4, -0.2) is 52.2 Å². The lowest BCUT2D eigenvalue weighted by molar-refractivity contribution is -0.136. The van der Waals surface area contributed by atoms with Crippen LogP contribution in [0.5, 0.6) is 6.01 Å². The number of rotatable bonds is 3. The largest absolute Gasteiger partial charge is 0.460 e. The Labute approximate surface area is 153 Å². The first-order valence-corrected chi connectivity index (χ1v) is 9.16. The Hall–Kier alpha value is -2.47. The Bertz CT molecular complexity index is 730. The van der Waals surface area contributed by atoms with Crippen LogP contribution in [0, 0.1) is 0 Å². The number of hydrogen-bond acceptors (Lipinski definition) is 5. The molecule has 4 rings (SSSR count). The molecule has 6 heteroatoms. The monoisotopic (exact) mass is 353 g/mol. The summed E-state index contributed by atoms with van der Waals surface area (Å²) in [6.07, 6.45) is 6.76. The summed E-state index contributed by atoms with van der Waals surface area (Å²) in [6.45, 7) is 2.09. The van der Waals surface area contributed by atoms with E-state index in [9.17, 15) is 4.79 Å². The van der Waals surface area contributed by atoms with Crippen molar-refractivity contribution in [3.05, 3.63) is 54.4 Å². The standard InChI is InChI=1S/C20H23N3O3/c24-18(16-5-2-1-3-6-16)23-12-8-20(9-13-23)15-17(7-14-25-20)26-19-21-10-4-11-22-19/h1-6,10-11,17H,7-9,12-15H2. The van der Waals surface area contributed by atoms with Crippen molar-refractivity contribution in [2.75, 3.05) is 19.7 Å². The molecule has 6 nitrogen and oxygen atoms in total. The van der Waals surface area contributed by atoms with E-state index in [0.717, 1.165) is 31.2 Å². The van der Waals surface area contributed by atoms with Crippen LogP contribution in [0.3, 0.4) is 0 Å². The number of benzene rings is 1. The molecule has 1 aromatic carbocycles. The van der Waals surface area contributed by atoms with Gasteiger partial charge in [-0.25, -0.2) is 9.97 Å². The molecule has 2 aromatic rings. The zero-order chi connectivity index (χ0) is 17.8. The van der Waals surface area contributed by atoms with E-state index in [0.29, 0.717) is 25.7 Å². The van der Waals surface area contributed by atoms with Gasteiger partial charge in [0.25, 0.3) is 5.91 Å². The topological polar surface area (TPSA) is 64.6 Å². The average molecular weight is 353 g/mol. The second kappa shape index (κ2) is 7.41. The van der Waals surface area contributed by atoms with Crippen molar-refractivity contribution in [2.45, 2.75) is 37.4 Å². The molecule has 0 radical (unpaired) electrons. The zero-order valence-electron chi connectivity index (χ0n) is 14.7. The first-order chi connectivity index (χ1) is 12.7. The van der Waals surface area contributed by atoms with Crippen LogP contribution >= 0.6 is 0 Å². The van der Waals surface area contributed by atoms with Gasteiger partial charge in [-0.1, -0.05) is 18.2 Å². The van der Waals surface area contributed by atoms with Gasteiger partial charge in [-0.3, -0.25) is 4.79 Å². The maximum Gasteiger partial charge on any atom is 0.316 e. The van der Waals surface area contributed by atoms with Gasteiger partial charge in [0, 0.05) is 43.9 Å². The highest BCUT2D eigenvalue weighted by Crippen LogP contribution is 2.36. The molecule has 1 unspecified atom stereocenters. The lowest BCUT2D eigenvalue weighted by atomic mass is 9.83. The number of amides is 1. The smallest absolute Gasteiger partial charge is 0.316 e. The first-order valence-electron chi connectivity index (χ1n) is 9.16. The fourth-order valence-corrected chi connectivity index (χ4v) is 3.81. The van der Waals surface area contributed by atoms with Crippen molar-refractivity contribution in [2.24, 2.45) is 0 Å². The lowest BCUT2D eigenvalue weighted by Gasteiger charge is -2.45. The summed E-state index contributed by atoms with van der Waals surface area (Å²) in [4.78, 5) is 22.8. The minimum atomic E-state index is -0.203. The zero-order valence-corrected chi connectivity index (χ0v) is 14.7. The number of piperidine rings is 1. The summed E-state index contributed by atoms with van der Waals surface area (Å²) in [5.41, 5.74) is 0.543. The van der Waals surface area contributed by atoms with Gasteiger partial charge in [-0.2, -0.15) is 0 Å². The second-order valence-corrected chi connectivity index (χ2v) is 6.95. The van der Waals surface area contributed by atoms with Crippen molar-refractivity contribution < 1.29 is 14.3 Å². The molecule has 1 aromatic heterocycles. The molecule has 1 amide bonds. The highest BCUT2D eigenvalue weighted by Gasteiger charge is 2.42. The van der Waals surface area contributed by atoms with Gasteiger partial charge in [0.15, 0.2) is 0 Å². The molecule has 0 N–H and O–H groups in total. The molecule has 2 aliphatic rings. The molecule has 1 spiro atoms. The predicted molar refractivity (Wildman–Crippen MR) is 95.9 cm³/mol. The Balaban J connectivity index is 1.36. The van der Waals surface area contributed by atoms with Crippen molar-refractivity contribution in [3.63, 3.8) is 0 Å². The highest BCUT2D eigenvalue weighted by atomic mass is 16.5. The van der Waals surface area contributed by atoms with Gasteiger partial charge < -0.3 is 14.4 Å². The molecule has 2 aliphatic heterocycles. The Morgan fingerprint density at radius 3 is 2.58 bits per heavy atom. The number of likely N-dealkylation sites (tertiary alicyclic amines) is 1. The summed E-state index contributed by atoms with van der Waals surface area (Å²) in [5.74, 6) is 0.0988. The maximum atomic E-state index is 12.6. The van der Waals surface area contributed by atoms with Crippen LogP contribution in [0.4, 0.5) is 0 Å². The van der Waals surface area contributed by atoms with Gasteiger partial charge in [-0.05, 0) is 31.0 Å². The van der Waals surface area contributed by atoms with Crippen LogP contribution in [0.1, 0.15) is 36.0 Å². The number of hydrogen-bond donors (Lipinski definition) is 0. The summed E-state index contributed by atoms with van der Waals surface area (Å²) < 4.78 is 12.1. The minimum absolute atomic E-state index is 0.0579. The van der Waals surface area contributed by atoms with Crippen LogP contribution in [0.25, 0.3) is 0 Å². The van der Waals surface area contributed by atoms with Gasteiger partial charge in [0.05, 0.1) is 12.2 Å². The second-order valence-electron chi connectivity index (χ2n) is 6.95. The molecule has 2 fully saturated rings. The quantitative estimate of drug-likeness (QED) is 0.849. The predicted octanol–water partition coefficient (Wildman–Crippen LogP) is 2.71. The van der Waals surface area contributed by atoms with Crippen molar-refractivity contribution in [1.29, 1.82) is 0 Å².